The van der Waals surface area contributed by atoms with Crippen molar-refractivity contribution in [2.75, 3.05) is 20.2 Å². The van der Waals surface area contributed by atoms with Crippen LogP contribution >= 0.6 is 24.0 Å². The van der Waals surface area contributed by atoms with Crippen LogP contribution in [0.4, 0.5) is 0 Å². The average Bonchev–Trinajstić information content (AvgIpc) is 3.16. The van der Waals surface area contributed by atoms with Crippen LogP contribution < -0.4 is 15.4 Å². The summed E-state index contributed by atoms with van der Waals surface area (Å²) in [7, 11) is 1.79. The van der Waals surface area contributed by atoms with Gasteiger partial charge in [-0.15, -0.1) is 24.0 Å². The Kier molecular flexibility index (Phi) is 8.62. The Hall–Kier alpha value is -1.74. The molecule has 0 bridgehead atoms. The van der Waals surface area contributed by atoms with E-state index in [1.807, 2.05) is 30.3 Å². The number of hydrogen-bond acceptors (Lipinski definition) is 4. The summed E-state index contributed by atoms with van der Waals surface area (Å²) in [6.07, 6.45) is 3.42. The highest BCUT2D eigenvalue weighted by Gasteiger charge is 2.33. The SMILES string of the molecule is CN=C(NCCCOCc1ccco1)NC1CC(C)(C)Oc2ccccc21.I. The van der Waals surface area contributed by atoms with Crippen molar-refractivity contribution in [2.45, 2.75) is 44.9 Å². The van der Waals surface area contributed by atoms with Gasteiger partial charge < -0.3 is 24.5 Å². The van der Waals surface area contributed by atoms with Crippen LogP contribution in [-0.4, -0.2) is 31.8 Å². The number of para-hydroxylation sites is 1. The lowest BCUT2D eigenvalue weighted by Gasteiger charge is -2.38. The molecule has 2 heterocycles. The van der Waals surface area contributed by atoms with Crippen LogP contribution in [0.2, 0.25) is 0 Å². The molecule has 2 aromatic rings. The van der Waals surface area contributed by atoms with E-state index in [4.69, 9.17) is 13.9 Å². The molecule has 0 spiro atoms. The molecule has 6 nitrogen and oxygen atoms in total. The average molecular weight is 499 g/mol. The van der Waals surface area contributed by atoms with Gasteiger partial charge in [-0.1, -0.05) is 18.2 Å². The van der Waals surface area contributed by atoms with Gasteiger partial charge in [0.25, 0.3) is 0 Å². The first kappa shape index (κ1) is 22.5. The number of furan rings is 1. The number of halogens is 1. The Balaban J connectivity index is 0.00000280. The molecule has 1 aromatic heterocycles. The number of nitrogens with one attached hydrogen (secondary N) is 2. The molecule has 28 heavy (non-hydrogen) atoms. The summed E-state index contributed by atoms with van der Waals surface area (Å²) in [5, 5.41) is 6.90. The van der Waals surface area contributed by atoms with Crippen molar-refractivity contribution in [1.29, 1.82) is 0 Å². The van der Waals surface area contributed by atoms with Gasteiger partial charge in [0, 0.05) is 32.2 Å². The van der Waals surface area contributed by atoms with Crippen LogP contribution in [0.1, 0.15) is 44.1 Å². The molecule has 1 aliphatic heterocycles. The number of fused-ring (bicyclic) bond motifs is 1. The molecule has 1 atom stereocenters. The lowest BCUT2D eigenvalue weighted by Crippen LogP contribution is -2.45. The molecule has 1 aliphatic rings. The second-order valence-corrected chi connectivity index (χ2v) is 7.29. The van der Waals surface area contributed by atoms with Crippen molar-refractivity contribution < 1.29 is 13.9 Å². The summed E-state index contributed by atoms with van der Waals surface area (Å²) >= 11 is 0. The van der Waals surface area contributed by atoms with E-state index in [1.165, 1.54) is 5.56 Å². The van der Waals surface area contributed by atoms with Crippen molar-refractivity contribution in [3.05, 3.63) is 54.0 Å². The highest BCUT2D eigenvalue weighted by atomic mass is 127. The van der Waals surface area contributed by atoms with Gasteiger partial charge in [-0.3, -0.25) is 4.99 Å². The summed E-state index contributed by atoms with van der Waals surface area (Å²) in [6.45, 7) is 6.19. The van der Waals surface area contributed by atoms with E-state index in [-0.39, 0.29) is 35.6 Å². The minimum atomic E-state index is -0.218. The monoisotopic (exact) mass is 499 g/mol. The van der Waals surface area contributed by atoms with E-state index in [1.54, 1.807) is 13.3 Å². The quantitative estimate of drug-likeness (QED) is 0.258. The summed E-state index contributed by atoms with van der Waals surface area (Å²) < 4.78 is 16.9. The lowest BCUT2D eigenvalue weighted by molar-refractivity contribution is 0.0694. The largest absolute Gasteiger partial charge is 0.487 e. The Morgan fingerprint density at radius 3 is 2.82 bits per heavy atom. The van der Waals surface area contributed by atoms with Crippen molar-refractivity contribution in [3.63, 3.8) is 0 Å². The van der Waals surface area contributed by atoms with Gasteiger partial charge in [0.15, 0.2) is 5.96 Å². The van der Waals surface area contributed by atoms with Gasteiger partial charge in [-0.2, -0.15) is 0 Å². The van der Waals surface area contributed by atoms with E-state index in [0.717, 1.165) is 36.9 Å². The van der Waals surface area contributed by atoms with Gasteiger partial charge in [-0.25, -0.2) is 0 Å². The third-order valence-electron chi connectivity index (χ3n) is 4.49. The molecule has 2 N–H and O–H groups in total. The topological polar surface area (TPSA) is 68.0 Å². The Bertz CT molecular complexity index is 747. The van der Waals surface area contributed by atoms with E-state index >= 15 is 0 Å². The third kappa shape index (κ3) is 6.41. The van der Waals surface area contributed by atoms with Crippen LogP contribution in [0.15, 0.2) is 52.1 Å². The van der Waals surface area contributed by atoms with E-state index in [9.17, 15) is 0 Å². The number of hydrogen-bond donors (Lipinski definition) is 2. The fraction of sp³-hybridized carbons (Fsp3) is 0.476. The van der Waals surface area contributed by atoms with Crippen molar-refractivity contribution in [1.82, 2.24) is 10.6 Å². The zero-order valence-electron chi connectivity index (χ0n) is 16.7. The van der Waals surface area contributed by atoms with Gasteiger partial charge >= 0.3 is 0 Å². The van der Waals surface area contributed by atoms with Gasteiger partial charge in [0.05, 0.1) is 12.3 Å². The van der Waals surface area contributed by atoms with Crippen LogP contribution in [-0.2, 0) is 11.3 Å². The smallest absolute Gasteiger partial charge is 0.191 e. The van der Waals surface area contributed by atoms with Crippen LogP contribution in [0.3, 0.4) is 0 Å². The summed E-state index contributed by atoms with van der Waals surface area (Å²) in [5.41, 5.74) is 0.950. The molecule has 0 aliphatic carbocycles. The molecule has 1 aromatic carbocycles. The molecular weight excluding hydrogens is 469 g/mol. The number of benzene rings is 1. The second-order valence-electron chi connectivity index (χ2n) is 7.29. The van der Waals surface area contributed by atoms with E-state index < -0.39 is 0 Å². The van der Waals surface area contributed by atoms with E-state index in [2.05, 4.69) is 35.5 Å². The van der Waals surface area contributed by atoms with Crippen molar-refractivity contribution >= 4 is 29.9 Å². The van der Waals surface area contributed by atoms with Crippen molar-refractivity contribution in [3.8, 4) is 5.75 Å². The summed E-state index contributed by atoms with van der Waals surface area (Å²) in [4.78, 5) is 4.36. The molecule has 3 rings (SSSR count). The minimum absolute atomic E-state index is 0. The maximum atomic E-state index is 6.10. The highest BCUT2D eigenvalue weighted by Crippen LogP contribution is 2.39. The Labute approximate surface area is 184 Å². The number of ether oxygens (including phenoxy) is 2. The number of guanidine groups is 1. The van der Waals surface area contributed by atoms with Gasteiger partial charge in [0.1, 0.15) is 23.7 Å². The number of aliphatic imine (C=N–C) groups is 1. The standard InChI is InChI=1S/C21H29N3O3.HI/c1-21(2)14-18(17-9-4-5-10-19(17)27-21)24-20(22-3)23-11-7-12-25-15-16-8-6-13-26-16;/h4-6,8-10,13,18H,7,11-12,14-15H2,1-3H3,(H2,22,23,24);1H. The molecule has 7 heteroatoms. The molecular formula is C21H30IN3O3. The first-order chi connectivity index (χ1) is 13.1. The predicted molar refractivity (Wildman–Crippen MR) is 121 cm³/mol. The molecule has 0 radical (unpaired) electrons. The predicted octanol–water partition coefficient (Wildman–Crippen LogP) is 4.27. The molecule has 154 valence electrons. The minimum Gasteiger partial charge on any atom is -0.487 e. The van der Waals surface area contributed by atoms with Gasteiger partial charge in [0.2, 0.25) is 0 Å². The van der Waals surface area contributed by atoms with Crippen LogP contribution in [0.25, 0.3) is 0 Å². The summed E-state index contributed by atoms with van der Waals surface area (Å²) in [6, 6.07) is 12.1. The molecule has 0 fully saturated rings. The molecule has 0 amide bonds. The van der Waals surface area contributed by atoms with Gasteiger partial charge in [-0.05, 0) is 38.5 Å². The first-order valence-electron chi connectivity index (χ1n) is 9.43. The normalized spacial score (nSPS) is 17.8. The maximum Gasteiger partial charge on any atom is 0.191 e. The third-order valence-corrected chi connectivity index (χ3v) is 4.49. The fourth-order valence-corrected chi connectivity index (χ4v) is 3.24. The van der Waals surface area contributed by atoms with Crippen molar-refractivity contribution in [2.24, 2.45) is 4.99 Å². The van der Waals surface area contributed by atoms with E-state index in [0.29, 0.717) is 13.2 Å². The lowest BCUT2D eigenvalue weighted by atomic mass is 9.90. The summed E-state index contributed by atoms with van der Waals surface area (Å²) in [5.74, 6) is 2.58. The highest BCUT2D eigenvalue weighted by molar-refractivity contribution is 14.0. The zero-order valence-corrected chi connectivity index (χ0v) is 19.1. The molecule has 0 saturated heterocycles. The Morgan fingerprint density at radius 1 is 1.25 bits per heavy atom. The maximum absolute atomic E-state index is 6.10. The van der Waals surface area contributed by atoms with Crippen LogP contribution in [0.5, 0.6) is 5.75 Å². The van der Waals surface area contributed by atoms with Crippen LogP contribution in [0, 0.1) is 0 Å². The molecule has 0 saturated carbocycles. The first-order valence-corrected chi connectivity index (χ1v) is 9.43. The number of rotatable bonds is 7. The number of nitrogens with zero attached hydrogens (tertiary/aromatic N) is 1. The molecule has 1 unspecified atom stereocenters. The second kappa shape index (κ2) is 10.7. The zero-order chi connectivity index (χ0) is 19.1. The fourth-order valence-electron chi connectivity index (χ4n) is 3.24. The Morgan fingerprint density at radius 2 is 2.07 bits per heavy atom.